The van der Waals surface area contributed by atoms with Gasteiger partial charge in [0.25, 0.3) is 5.91 Å². The fraction of sp³-hybridized carbons (Fsp3) is 0.345. The highest BCUT2D eigenvalue weighted by molar-refractivity contribution is 6.05. The minimum absolute atomic E-state index is 0.0332. The van der Waals surface area contributed by atoms with E-state index in [-0.39, 0.29) is 36.9 Å². The van der Waals surface area contributed by atoms with E-state index in [2.05, 4.69) is 25.1 Å². The maximum Gasteiger partial charge on any atom is 0.258 e. The van der Waals surface area contributed by atoms with Gasteiger partial charge in [0.05, 0.1) is 11.6 Å². The van der Waals surface area contributed by atoms with Crippen molar-refractivity contribution in [2.75, 3.05) is 26.2 Å². The number of nitrogens with one attached hydrogen (secondary N) is 1. The first-order valence-corrected chi connectivity index (χ1v) is 13.2. The molecule has 10 heteroatoms. The van der Waals surface area contributed by atoms with Crippen LogP contribution in [0.3, 0.4) is 0 Å². The van der Waals surface area contributed by atoms with Crippen LogP contribution in [0.1, 0.15) is 51.5 Å². The van der Waals surface area contributed by atoms with Gasteiger partial charge >= 0.3 is 0 Å². The highest BCUT2D eigenvalue weighted by Gasteiger charge is 2.40. The predicted octanol–water partition coefficient (Wildman–Crippen LogP) is 2.28. The van der Waals surface area contributed by atoms with Gasteiger partial charge in [0.1, 0.15) is 11.9 Å². The number of aromatic nitrogens is 2. The smallest absolute Gasteiger partial charge is 0.258 e. The summed E-state index contributed by atoms with van der Waals surface area (Å²) in [6.07, 6.45) is 7.67. The first-order valence-electron chi connectivity index (χ1n) is 13.2. The zero-order valence-corrected chi connectivity index (χ0v) is 21.4. The molecule has 5 heterocycles. The third kappa shape index (κ3) is 5.05. The number of carbonyl (C=O) groups excluding carboxylic acids is 3. The highest BCUT2D eigenvalue weighted by Crippen LogP contribution is 2.32. The maximum absolute atomic E-state index is 15.2. The lowest BCUT2D eigenvalue weighted by atomic mass is 9.98. The van der Waals surface area contributed by atoms with Gasteiger partial charge in [-0.3, -0.25) is 39.5 Å². The van der Waals surface area contributed by atoms with Gasteiger partial charge in [-0.05, 0) is 59.0 Å². The number of carbonyl (C=O) groups is 3. The van der Waals surface area contributed by atoms with E-state index in [0.29, 0.717) is 12.1 Å². The molecule has 0 bridgehead atoms. The molecule has 1 N–H and O–H groups in total. The molecule has 2 fully saturated rings. The minimum atomic E-state index is -0.757. The number of fused-ring (bicyclic) bond motifs is 1. The van der Waals surface area contributed by atoms with Crippen LogP contribution in [0, 0.1) is 5.82 Å². The average molecular weight is 529 g/mol. The normalized spacial score (nSPS) is 20.4. The summed E-state index contributed by atoms with van der Waals surface area (Å²) in [6, 6.07) is 10.8. The second-order valence-corrected chi connectivity index (χ2v) is 10.3. The standard InChI is InChI=1S/C29H29FN6O3/c30-23-16-19(15-22-18-36(29(39)26(22)23)24-1-2-25(37)33-28(24)38)17-34-11-13-35(14-12-34)27(20-3-7-31-8-4-20)21-5-9-32-10-6-21/h3-10,15-16,24,27H,1-2,11-14,17-18H2,(H,33,37,38). The number of piperidine rings is 1. The quantitative estimate of drug-likeness (QED) is 0.490. The van der Waals surface area contributed by atoms with Gasteiger partial charge in [0.15, 0.2) is 0 Å². The molecule has 39 heavy (non-hydrogen) atoms. The van der Waals surface area contributed by atoms with Gasteiger partial charge in [0.2, 0.25) is 11.8 Å². The van der Waals surface area contributed by atoms with Crippen molar-refractivity contribution in [3.8, 4) is 0 Å². The van der Waals surface area contributed by atoms with E-state index in [0.717, 1.165) is 31.7 Å². The minimum Gasteiger partial charge on any atom is -0.322 e. The molecular formula is C29H29FN6O3. The molecule has 2 saturated heterocycles. The highest BCUT2D eigenvalue weighted by atomic mass is 19.1. The topological polar surface area (TPSA) is 98.7 Å². The molecule has 9 nitrogen and oxygen atoms in total. The number of pyridine rings is 2. The second-order valence-electron chi connectivity index (χ2n) is 10.3. The van der Waals surface area contributed by atoms with Gasteiger partial charge in [-0.1, -0.05) is 6.07 Å². The predicted molar refractivity (Wildman–Crippen MR) is 140 cm³/mol. The molecule has 3 amide bonds. The lowest BCUT2D eigenvalue weighted by Gasteiger charge is -2.39. The number of piperazine rings is 1. The first-order chi connectivity index (χ1) is 19.0. The second kappa shape index (κ2) is 10.6. The van der Waals surface area contributed by atoms with Crippen molar-refractivity contribution in [1.29, 1.82) is 0 Å². The Kier molecular flexibility index (Phi) is 6.88. The fourth-order valence-corrected chi connectivity index (χ4v) is 5.96. The Labute approximate surface area is 225 Å². The first kappa shape index (κ1) is 25.3. The molecule has 3 aliphatic rings. The number of rotatable bonds is 6. The lowest BCUT2D eigenvalue weighted by Crippen LogP contribution is -2.52. The number of hydrogen-bond donors (Lipinski definition) is 1. The number of halogens is 1. The molecule has 0 aliphatic carbocycles. The van der Waals surface area contributed by atoms with Crippen molar-refractivity contribution in [2.45, 2.75) is 38.0 Å². The van der Waals surface area contributed by atoms with Crippen LogP contribution >= 0.6 is 0 Å². The van der Waals surface area contributed by atoms with Crippen LogP contribution in [0.25, 0.3) is 0 Å². The van der Waals surface area contributed by atoms with Gasteiger partial charge < -0.3 is 4.90 Å². The van der Waals surface area contributed by atoms with Gasteiger partial charge in [-0.25, -0.2) is 4.39 Å². The molecule has 200 valence electrons. The molecule has 1 atom stereocenters. The lowest BCUT2D eigenvalue weighted by molar-refractivity contribution is -0.136. The summed E-state index contributed by atoms with van der Waals surface area (Å²) in [6.45, 7) is 4.03. The molecule has 3 aromatic rings. The van der Waals surface area contributed by atoms with Crippen LogP contribution in [0.15, 0.2) is 61.2 Å². The van der Waals surface area contributed by atoms with E-state index in [9.17, 15) is 14.4 Å². The third-order valence-corrected chi connectivity index (χ3v) is 7.86. The van der Waals surface area contributed by atoms with E-state index in [1.165, 1.54) is 22.1 Å². The van der Waals surface area contributed by atoms with E-state index in [1.807, 2.05) is 55.1 Å². The van der Waals surface area contributed by atoms with Crippen LogP contribution in [0.5, 0.6) is 0 Å². The van der Waals surface area contributed by atoms with E-state index in [4.69, 9.17) is 0 Å². The largest absolute Gasteiger partial charge is 0.322 e. The maximum atomic E-state index is 15.2. The van der Waals surface area contributed by atoms with Gasteiger partial charge in [0, 0.05) is 70.5 Å². The summed E-state index contributed by atoms with van der Waals surface area (Å²) < 4.78 is 15.2. The molecular weight excluding hydrogens is 499 g/mol. The summed E-state index contributed by atoms with van der Waals surface area (Å²) in [7, 11) is 0. The zero-order valence-electron chi connectivity index (χ0n) is 21.4. The SMILES string of the molecule is O=C1CCC(N2Cc3cc(CN4CCN(C(c5ccncc5)c5ccncc5)CC4)cc(F)c3C2=O)C(=O)N1. The van der Waals surface area contributed by atoms with Crippen molar-refractivity contribution in [3.63, 3.8) is 0 Å². The molecule has 1 unspecified atom stereocenters. The fourth-order valence-electron chi connectivity index (χ4n) is 5.96. The summed E-state index contributed by atoms with van der Waals surface area (Å²) in [4.78, 5) is 51.3. The number of hydrogen-bond acceptors (Lipinski definition) is 7. The van der Waals surface area contributed by atoms with Crippen LogP contribution < -0.4 is 5.32 Å². The molecule has 6 rings (SSSR count). The summed E-state index contributed by atoms with van der Waals surface area (Å²) >= 11 is 0. The van der Waals surface area contributed by atoms with E-state index < -0.39 is 23.7 Å². The van der Waals surface area contributed by atoms with Crippen LogP contribution in [0.4, 0.5) is 4.39 Å². The van der Waals surface area contributed by atoms with Crippen molar-refractivity contribution in [1.82, 2.24) is 30.0 Å². The Morgan fingerprint density at radius 3 is 2.18 bits per heavy atom. The number of imide groups is 1. The van der Waals surface area contributed by atoms with Gasteiger partial charge in [-0.15, -0.1) is 0 Å². The Hall–Kier alpha value is -4.02. The molecule has 3 aliphatic heterocycles. The number of nitrogens with zero attached hydrogens (tertiary/aromatic N) is 5. The molecule has 0 saturated carbocycles. The van der Waals surface area contributed by atoms with E-state index >= 15 is 4.39 Å². The Bertz CT molecular complexity index is 1360. The van der Waals surface area contributed by atoms with Crippen molar-refractivity contribution in [3.05, 3.63) is 94.8 Å². The Morgan fingerprint density at radius 2 is 1.56 bits per heavy atom. The Morgan fingerprint density at radius 1 is 0.923 bits per heavy atom. The van der Waals surface area contributed by atoms with Crippen LogP contribution in [0.2, 0.25) is 0 Å². The number of amides is 3. The molecule has 0 spiro atoms. The molecule has 2 aromatic heterocycles. The zero-order chi connectivity index (χ0) is 26.9. The summed E-state index contributed by atoms with van der Waals surface area (Å²) in [5.41, 5.74) is 3.78. The third-order valence-electron chi connectivity index (χ3n) is 7.86. The summed E-state index contributed by atoms with van der Waals surface area (Å²) in [5.74, 6) is -1.89. The van der Waals surface area contributed by atoms with Crippen molar-refractivity contribution >= 4 is 17.7 Å². The average Bonchev–Trinajstić information content (AvgIpc) is 3.27. The van der Waals surface area contributed by atoms with Crippen LogP contribution in [-0.4, -0.2) is 74.6 Å². The van der Waals surface area contributed by atoms with Crippen LogP contribution in [-0.2, 0) is 22.7 Å². The molecule has 0 radical (unpaired) electrons. The summed E-state index contributed by atoms with van der Waals surface area (Å²) in [5, 5.41) is 2.28. The van der Waals surface area contributed by atoms with Gasteiger partial charge in [-0.2, -0.15) is 0 Å². The monoisotopic (exact) mass is 528 g/mol. The van der Waals surface area contributed by atoms with Crippen molar-refractivity contribution in [2.24, 2.45) is 0 Å². The Balaban J connectivity index is 1.13. The molecule has 1 aromatic carbocycles. The van der Waals surface area contributed by atoms with E-state index in [1.54, 1.807) is 0 Å². The number of benzene rings is 1. The van der Waals surface area contributed by atoms with Crippen molar-refractivity contribution < 1.29 is 18.8 Å².